The van der Waals surface area contributed by atoms with E-state index in [0.29, 0.717) is 17.5 Å². The topological polar surface area (TPSA) is 508 Å². The first kappa shape index (κ1) is 77.1. The first-order valence-corrected chi connectivity index (χ1v) is 33.7. The lowest BCUT2D eigenvalue weighted by molar-refractivity contribution is -0.143. The van der Waals surface area contributed by atoms with Crippen LogP contribution < -0.4 is 70.0 Å². The van der Waals surface area contributed by atoms with Gasteiger partial charge < -0.3 is 95.3 Å². The molecule has 0 radical (unpaired) electrons. The summed E-state index contributed by atoms with van der Waals surface area (Å²) in [5.74, 6) is -16.8. The van der Waals surface area contributed by atoms with Gasteiger partial charge in [-0.1, -0.05) is 77.9 Å². The Kier molecular flexibility index (Phi) is 30.4. The molecule has 2 aromatic rings. The third-order valence-electron chi connectivity index (χ3n) is 15.7. The minimum Gasteiger partial charge on any atom is -0.508 e. The van der Waals surface area contributed by atoms with E-state index in [0.717, 1.165) is 28.5 Å². The summed E-state index contributed by atoms with van der Waals surface area (Å²) in [6.45, 7) is 6.97. The Morgan fingerprint density at radius 2 is 1.02 bits per heavy atom. The number of carbonyl (C=O) groups is 14. The predicted octanol–water partition coefficient (Wildman–Crippen LogP) is -4.39. The lowest BCUT2D eigenvalue weighted by Crippen LogP contribution is -2.63. The van der Waals surface area contributed by atoms with Gasteiger partial charge in [0.25, 0.3) is 0 Å². The minimum atomic E-state index is -2.00. The summed E-state index contributed by atoms with van der Waals surface area (Å²) in [6, 6.07) is -6.29. The quantitative estimate of drug-likeness (QED) is 0.0525. The van der Waals surface area contributed by atoms with Crippen LogP contribution in [0.2, 0.25) is 0 Å². The number of carboxylic acid groups (broad SMARTS) is 1. The standard InChI is InChI=1S/C61H88N14O18S2/c1-30(2)24-39-53(85)64-31(3)50(82)73-48(32(4)76)59(91)66-37(14-9-10-22-62)51(83)65-38(20-21-46(63)79)52(84)71-44-29-95-94-28-43(56(88)68-41(27-47(80)81)55(87)67-39)72-54(86)40(25-34-12-7-6-8-13-34)69-60(92)49(33(5)77)74-58(90)45-15-11-23-75(45)61(93)42(70-57(44)89)26-35-16-18-36(78)19-17-35/h6-8,12-13,16-19,30-33,37-45,48-49,76-78H,9-11,14-15,20-29,62H2,1-5H3,(H2,63,79)(H,64,85)(H,65,83)(H,66,91)(H,67,87)(H,68,88)(H,69,92)(H,70,89)(H,71,84)(H,72,86)(H,73,82)(H,74,90)(H,80,81). The van der Waals surface area contributed by atoms with Crippen LogP contribution in [0.4, 0.5) is 0 Å². The summed E-state index contributed by atoms with van der Waals surface area (Å²) in [5.41, 5.74) is 12.2. The second-order valence-electron chi connectivity index (χ2n) is 24.0. The van der Waals surface area contributed by atoms with E-state index in [1.165, 1.54) is 43.0 Å². The van der Waals surface area contributed by atoms with E-state index >= 15 is 9.59 Å². The van der Waals surface area contributed by atoms with Crippen LogP contribution in [0.15, 0.2) is 54.6 Å². The Hall–Kier alpha value is -8.60. The van der Waals surface area contributed by atoms with E-state index in [2.05, 4.69) is 58.5 Å². The Morgan fingerprint density at radius 3 is 1.58 bits per heavy atom. The van der Waals surface area contributed by atoms with E-state index in [1.54, 1.807) is 44.2 Å². The smallest absolute Gasteiger partial charge is 0.305 e. The van der Waals surface area contributed by atoms with Crippen LogP contribution in [0.3, 0.4) is 0 Å². The summed E-state index contributed by atoms with van der Waals surface area (Å²) in [5, 5.41) is 69.7. The number of nitrogens with zero attached hydrogens (tertiary/aromatic N) is 1. The van der Waals surface area contributed by atoms with Crippen molar-refractivity contribution >= 4 is 104 Å². The summed E-state index contributed by atoms with van der Waals surface area (Å²) >= 11 is 0. The number of hydrogen-bond donors (Lipinski definition) is 17. The van der Waals surface area contributed by atoms with Gasteiger partial charge in [0.2, 0.25) is 76.8 Å². The summed E-state index contributed by atoms with van der Waals surface area (Å²) in [4.78, 5) is 200. The number of aliphatic carboxylic acids is 1. The van der Waals surface area contributed by atoms with Crippen molar-refractivity contribution in [3.63, 3.8) is 0 Å². The Morgan fingerprint density at radius 1 is 0.547 bits per heavy atom. The second kappa shape index (κ2) is 37.5. The number of aliphatic hydroxyl groups is 2. The molecule has 5 rings (SSSR count). The lowest BCUT2D eigenvalue weighted by atomic mass is 10.0. The largest absolute Gasteiger partial charge is 0.508 e. The first-order valence-electron chi connectivity index (χ1n) is 31.2. The highest BCUT2D eigenvalue weighted by Gasteiger charge is 2.43. The van der Waals surface area contributed by atoms with Crippen molar-refractivity contribution in [3.8, 4) is 5.75 Å². The zero-order chi connectivity index (χ0) is 70.2. The highest BCUT2D eigenvalue weighted by atomic mass is 33.1. The van der Waals surface area contributed by atoms with Crippen molar-refractivity contribution < 1.29 is 87.5 Å². The minimum absolute atomic E-state index is 0.0242. The molecule has 0 aromatic heterocycles. The fourth-order valence-electron chi connectivity index (χ4n) is 10.5. The second-order valence-corrected chi connectivity index (χ2v) is 26.6. The fraction of sp³-hybridized carbons (Fsp3) is 0.574. The highest BCUT2D eigenvalue weighted by molar-refractivity contribution is 8.76. The van der Waals surface area contributed by atoms with Crippen LogP contribution in [0.5, 0.6) is 5.75 Å². The van der Waals surface area contributed by atoms with Gasteiger partial charge in [-0.2, -0.15) is 0 Å². The normalized spacial score (nSPS) is 27.2. The number of unbranched alkanes of at least 4 members (excludes halogenated alkanes) is 1. The van der Waals surface area contributed by atoms with Gasteiger partial charge >= 0.3 is 5.97 Å². The number of nitrogens with two attached hydrogens (primary N) is 2. The Balaban J connectivity index is 1.72. The van der Waals surface area contributed by atoms with Crippen LogP contribution in [-0.4, -0.2) is 217 Å². The van der Waals surface area contributed by atoms with Gasteiger partial charge in [0.1, 0.15) is 78.3 Å². The Labute approximate surface area is 556 Å². The number of phenols is 1. The summed E-state index contributed by atoms with van der Waals surface area (Å²) < 4.78 is 0. The van der Waals surface area contributed by atoms with Crippen molar-refractivity contribution in [2.75, 3.05) is 24.6 Å². The molecule has 13 amide bonds. The number of fused-ring (bicyclic) bond motifs is 6. The van der Waals surface area contributed by atoms with Gasteiger partial charge in [-0.15, -0.1) is 0 Å². The van der Waals surface area contributed by atoms with E-state index in [-0.39, 0.29) is 69.7 Å². The molecule has 2 bridgehead atoms. The van der Waals surface area contributed by atoms with Crippen molar-refractivity contribution in [2.24, 2.45) is 17.4 Å². The number of carboxylic acids is 1. The van der Waals surface area contributed by atoms with Crippen LogP contribution in [0.1, 0.15) is 104 Å². The maximum atomic E-state index is 15.1. The number of aliphatic hydroxyl groups excluding tert-OH is 2. The average molecular weight is 1370 g/mol. The predicted molar refractivity (Wildman–Crippen MR) is 345 cm³/mol. The zero-order valence-corrected chi connectivity index (χ0v) is 55.0. The molecule has 0 saturated carbocycles. The monoisotopic (exact) mass is 1370 g/mol. The molecular weight excluding hydrogens is 1280 g/mol. The molecule has 522 valence electrons. The molecule has 0 spiro atoms. The number of aromatic hydroxyl groups is 1. The van der Waals surface area contributed by atoms with Gasteiger partial charge in [-0.25, -0.2) is 0 Å². The number of hydrogen-bond acceptors (Lipinski definition) is 20. The van der Waals surface area contributed by atoms with E-state index in [9.17, 15) is 78.0 Å². The van der Waals surface area contributed by atoms with E-state index in [1.807, 2.05) is 0 Å². The number of primary amides is 1. The summed E-state index contributed by atoms with van der Waals surface area (Å²) in [6.07, 6.45) is -5.59. The Bertz CT molecular complexity index is 3070. The van der Waals surface area contributed by atoms with Gasteiger partial charge in [0.15, 0.2) is 0 Å². The van der Waals surface area contributed by atoms with Crippen molar-refractivity contribution in [1.29, 1.82) is 0 Å². The first-order chi connectivity index (χ1) is 45.0. The van der Waals surface area contributed by atoms with Gasteiger partial charge in [0.05, 0.1) is 18.6 Å². The van der Waals surface area contributed by atoms with E-state index in [4.69, 9.17) is 11.5 Å². The molecule has 3 saturated heterocycles. The van der Waals surface area contributed by atoms with Crippen molar-refractivity contribution in [3.05, 3.63) is 65.7 Å². The molecule has 32 nitrogen and oxygen atoms in total. The summed E-state index contributed by atoms with van der Waals surface area (Å²) in [7, 11) is 1.58. The number of rotatable bonds is 17. The SMILES string of the molecule is CC(C)CC1NC(=O)C(CC(=O)O)NC(=O)C2CSSCC(NC(=O)C(CCC(N)=O)NC(=O)C(CCCCN)NC(=O)C(C(C)O)NC(=O)C(C)NC1=O)C(=O)NC(Cc1ccc(O)cc1)C(=O)N1CCCC1C(=O)NC(C(C)O)C(=O)NC(Cc1ccccc1)C(=O)N2. The number of carbonyl (C=O) groups excluding carboxylic acids is 13. The molecule has 34 heteroatoms. The number of benzene rings is 2. The van der Waals surface area contributed by atoms with Crippen LogP contribution in [-0.2, 0) is 80.0 Å². The average Bonchev–Trinajstić information content (AvgIpc) is 1.84. The molecule has 14 unspecified atom stereocenters. The van der Waals surface area contributed by atoms with Crippen molar-refractivity contribution in [1.82, 2.24) is 63.4 Å². The molecule has 0 aliphatic carbocycles. The molecular formula is C61H88N14O18S2. The maximum absolute atomic E-state index is 15.1. The molecule has 3 fully saturated rings. The van der Waals surface area contributed by atoms with Crippen LogP contribution in [0.25, 0.3) is 0 Å². The van der Waals surface area contributed by atoms with Crippen molar-refractivity contribution in [2.45, 2.75) is 190 Å². The van der Waals surface area contributed by atoms with Gasteiger partial charge in [0, 0.05) is 37.3 Å². The number of amides is 13. The molecule has 95 heavy (non-hydrogen) atoms. The number of phenolic OH excluding ortho intramolecular Hbond substituents is 1. The van der Waals surface area contributed by atoms with Gasteiger partial charge in [-0.05, 0) is 101 Å². The molecule has 3 aliphatic rings. The third-order valence-corrected chi connectivity index (χ3v) is 18.1. The molecule has 14 atom stereocenters. The fourth-order valence-corrected chi connectivity index (χ4v) is 12.8. The van der Waals surface area contributed by atoms with E-state index < -0.39 is 198 Å². The van der Waals surface area contributed by atoms with Gasteiger partial charge in [-0.3, -0.25) is 67.1 Å². The lowest BCUT2D eigenvalue weighted by Gasteiger charge is -2.32. The maximum Gasteiger partial charge on any atom is 0.305 e. The van der Waals surface area contributed by atoms with Crippen LogP contribution >= 0.6 is 21.6 Å². The molecule has 2 aromatic carbocycles. The zero-order valence-electron chi connectivity index (χ0n) is 53.4. The third kappa shape index (κ3) is 24.3. The molecule has 3 aliphatic heterocycles. The number of nitrogens with one attached hydrogen (secondary N) is 11. The van der Waals surface area contributed by atoms with Crippen LogP contribution in [0, 0.1) is 5.92 Å². The highest BCUT2D eigenvalue weighted by Crippen LogP contribution is 2.26. The molecule has 19 N–H and O–H groups in total. The molecule has 3 heterocycles.